The fraction of sp³-hybridized carbons (Fsp3) is 0.545. The topological polar surface area (TPSA) is 67.9 Å². The number of hydrogen-bond acceptors (Lipinski definition) is 5. The monoisotopic (exact) mass is 596 g/mol. The molecule has 7 atom stereocenters. The van der Waals surface area contributed by atoms with E-state index in [2.05, 4.69) is 40.8 Å². The minimum absolute atomic E-state index is 0.0508. The second-order valence-electron chi connectivity index (χ2n) is 12.6. The van der Waals surface area contributed by atoms with Crippen molar-refractivity contribution in [1.82, 2.24) is 4.72 Å². The summed E-state index contributed by atoms with van der Waals surface area (Å²) >= 11 is 6.41. The van der Waals surface area contributed by atoms with Gasteiger partial charge in [0.2, 0.25) is 0 Å². The number of aryl methyl sites for hydroxylation is 1. The van der Waals surface area contributed by atoms with Gasteiger partial charge in [-0.1, -0.05) is 36.7 Å². The van der Waals surface area contributed by atoms with Gasteiger partial charge in [0.1, 0.15) is 16.7 Å². The molecule has 6 nitrogen and oxygen atoms in total. The van der Waals surface area contributed by atoms with Gasteiger partial charge in [-0.15, -0.1) is 0 Å². The van der Waals surface area contributed by atoms with Crippen LogP contribution in [0.2, 0.25) is 5.02 Å². The van der Waals surface area contributed by atoms with E-state index in [1.54, 1.807) is 13.2 Å². The Balaban J connectivity index is 1.41. The molecule has 2 heterocycles. The summed E-state index contributed by atoms with van der Waals surface area (Å²) in [5.41, 5.74) is 3.90. The number of ether oxygens (including phenoxy) is 2. The predicted octanol–water partition coefficient (Wildman–Crippen LogP) is 6.23. The molecular formula is C33H41ClN2O4S. The Morgan fingerprint density at radius 3 is 2.80 bits per heavy atom. The fourth-order valence-electron chi connectivity index (χ4n) is 7.26. The van der Waals surface area contributed by atoms with E-state index in [-0.39, 0.29) is 28.6 Å². The summed E-state index contributed by atoms with van der Waals surface area (Å²) in [6, 6.07) is 12.0. The van der Waals surface area contributed by atoms with Gasteiger partial charge in [0.15, 0.2) is 0 Å². The first kappa shape index (κ1) is 28.8. The van der Waals surface area contributed by atoms with Gasteiger partial charge >= 0.3 is 0 Å². The molecular weight excluding hydrogens is 556 g/mol. The number of benzene rings is 2. The summed E-state index contributed by atoms with van der Waals surface area (Å²) in [5.74, 6) is 1.53. The van der Waals surface area contributed by atoms with E-state index in [1.165, 1.54) is 11.1 Å². The Bertz CT molecular complexity index is 1360. The number of halogens is 1. The van der Waals surface area contributed by atoms with Crippen molar-refractivity contribution in [2.45, 2.75) is 69.1 Å². The number of fused-ring (bicyclic) bond motifs is 4. The Kier molecular flexibility index (Phi) is 8.23. The minimum Gasteiger partial charge on any atom is -0.490 e. The number of nitrogens with one attached hydrogen (secondary N) is 1. The maximum absolute atomic E-state index is 13.3. The van der Waals surface area contributed by atoms with Crippen LogP contribution in [0.15, 0.2) is 48.6 Å². The molecule has 0 radical (unpaired) electrons. The summed E-state index contributed by atoms with van der Waals surface area (Å²) in [5, 5.41) is 0.589. The minimum atomic E-state index is -1.50. The molecule has 1 fully saturated rings. The number of methoxy groups -OCH3 is 1. The van der Waals surface area contributed by atoms with Crippen molar-refractivity contribution < 1.29 is 18.5 Å². The third-order valence-corrected chi connectivity index (χ3v) is 11.9. The second-order valence-corrected chi connectivity index (χ2v) is 14.5. The van der Waals surface area contributed by atoms with Gasteiger partial charge in [0.25, 0.3) is 5.91 Å². The zero-order valence-electron chi connectivity index (χ0n) is 24.2. The molecule has 0 saturated heterocycles. The smallest absolute Gasteiger partial charge is 0.263 e. The van der Waals surface area contributed by atoms with Crippen LogP contribution in [0.5, 0.6) is 5.75 Å². The van der Waals surface area contributed by atoms with Crippen molar-refractivity contribution in [2.75, 3.05) is 31.7 Å². The van der Waals surface area contributed by atoms with Crippen LogP contribution >= 0.6 is 11.6 Å². The molecule has 2 aromatic carbocycles. The first-order chi connectivity index (χ1) is 19.8. The molecule has 1 N–H and O–H groups in total. The van der Waals surface area contributed by atoms with Crippen molar-refractivity contribution in [3.63, 3.8) is 0 Å². The standard InChI is InChI=1S/C33H41ClN2O4S/c1-21-6-4-8-30(39-3)27-12-9-25(27)18-36-19-33(15-5-7-23-16-26(34)11-13-28(23)33)20-40-31-14-10-24(17-29(31)36)32(37)35-41(38)22(21)2/h4,8,10-11,13-14,16-17,21-22,25,27,30H,5-7,9,12,15,18-20H2,1-3H3,(H,35,37)/b8-4+/t21?,22?,25?,27-,30?,33?,41?/m1/s1. The molecule has 2 aromatic rings. The lowest BCUT2D eigenvalue weighted by Crippen LogP contribution is -2.49. The molecule has 8 heteroatoms. The van der Waals surface area contributed by atoms with Crippen LogP contribution < -0.4 is 14.4 Å². The molecule has 6 rings (SSSR count). The largest absolute Gasteiger partial charge is 0.490 e. The Labute approximate surface area is 251 Å². The summed E-state index contributed by atoms with van der Waals surface area (Å²) in [6.45, 7) is 6.27. The van der Waals surface area contributed by atoms with Crippen molar-refractivity contribution in [1.29, 1.82) is 0 Å². The number of rotatable bonds is 1. The SMILES string of the molecule is COC1/C=C/CC(C)C(C)S(=O)NC(=O)c2ccc3c(c2)N(CC2CC[C@H]21)CC1(CCCc2cc(Cl)ccc21)CO3. The maximum Gasteiger partial charge on any atom is 0.263 e. The van der Waals surface area contributed by atoms with E-state index in [9.17, 15) is 9.00 Å². The number of anilines is 1. The Morgan fingerprint density at radius 1 is 1.17 bits per heavy atom. The quantitative estimate of drug-likeness (QED) is 0.395. The highest BCUT2D eigenvalue weighted by atomic mass is 35.5. The van der Waals surface area contributed by atoms with Gasteiger partial charge in [-0.3, -0.25) is 9.52 Å². The van der Waals surface area contributed by atoms with Gasteiger partial charge in [0, 0.05) is 36.2 Å². The first-order valence-corrected chi connectivity index (χ1v) is 16.6. The number of carbonyl (C=O) groups is 1. The molecule has 4 aliphatic rings. The molecule has 6 unspecified atom stereocenters. The van der Waals surface area contributed by atoms with E-state index < -0.39 is 11.0 Å². The lowest BCUT2D eigenvalue weighted by molar-refractivity contribution is 0.0131. The molecule has 1 amide bonds. The van der Waals surface area contributed by atoms with Crippen LogP contribution in [0.4, 0.5) is 5.69 Å². The summed E-state index contributed by atoms with van der Waals surface area (Å²) in [6.07, 6.45) is 10.6. The Hall–Kier alpha value is -2.35. The van der Waals surface area contributed by atoms with Crippen LogP contribution in [0.3, 0.4) is 0 Å². The van der Waals surface area contributed by atoms with Crippen LogP contribution in [0.1, 0.15) is 67.4 Å². The van der Waals surface area contributed by atoms with Gasteiger partial charge in [-0.25, -0.2) is 4.21 Å². The normalized spacial score (nSPS) is 34.3. The third-order valence-electron chi connectivity index (χ3n) is 10.1. The second kappa shape index (κ2) is 11.7. The van der Waals surface area contributed by atoms with Gasteiger partial charge < -0.3 is 14.4 Å². The zero-order valence-corrected chi connectivity index (χ0v) is 25.8. The van der Waals surface area contributed by atoms with Crippen molar-refractivity contribution in [3.8, 4) is 5.75 Å². The van der Waals surface area contributed by atoms with Crippen LogP contribution in [0, 0.1) is 17.8 Å². The van der Waals surface area contributed by atoms with E-state index in [0.29, 0.717) is 24.0 Å². The summed E-state index contributed by atoms with van der Waals surface area (Å²) < 4.78 is 28.5. The van der Waals surface area contributed by atoms with E-state index in [0.717, 1.165) is 68.1 Å². The van der Waals surface area contributed by atoms with Crippen LogP contribution in [-0.2, 0) is 27.6 Å². The lowest BCUT2D eigenvalue weighted by Gasteiger charge is -2.46. The number of nitrogens with zero attached hydrogens (tertiary/aromatic N) is 1. The average molecular weight is 597 g/mol. The third kappa shape index (κ3) is 5.57. The highest BCUT2D eigenvalue weighted by molar-refractivity contribution is 7.84. The summed E-state index contributed by atoms with van der Waals surface area (Å²) in [4.78, 5) is 15.8. The Morgan fingerprint density at radius 2 is 2.02 bits per heavy atom. The lowest BCUT2D eigenvalue weighted by atomic mass is 9.68. The van der Waals surface area contributed by atoms with Crippen LogP contribution in [0.25, 0.3) is 0 Å². The molecule has 41 heavy (non-hydrogen) atoms. The highest BCUT2D eigenvalue weighted by Crippen LogP contribution is 2.47. The maximum atomic E-state index is 13.3. The zero-order chi connectivity index (χ0) is 28.7. The van der Waals surface area contributed by atoms with Crippen molar-refractivity contribution in [3.05, 3.63) is 70.3 Å². The number of amides is 1. The predicted molar refractivity (Wildman–Crippen MR) is 165 cm³/mol. The number of allylic oxidation sites excluding steroid dienone is 1. The molecule has 0 aromatic heterocycles. The van der Waals surface area contributed by atoms with Gasteiger partial charge in [0.05, 0.1) is 23.6 Å². The van der Waals surface area contributed by atoms with Crippen molar-refractivity contribution >= 4 is 34.2 Å². The van der Waals surface area contributed by atoms with Crippen molar-refractivity contribution in [2.24, 2.45) is 17.8 Å². The summed E-state index contributed by atoms with van der Waals surface area (Å²) in [7, 11) is 0.305. The number of carbonyl (C=O) groups excluding carboxylic acids is 1. The first-order valence-electron chi connectivity index (χ1n) is 15.0. The van der Waals surface area contributed by atoms with E-state index in [1.807, 2.05) is 25.1 Å². The molecule has 220 valence electrons. The molecule has 2 aliphatic carbocycles. The van der Waals surface area contributed by atoms with Gasteiger partial charge in [-0.2, -0.15) is 0 Å². The van der Waals surface area contributed by atoms with E-state index in [4.69, 9.17) is 21.1 Å². The molecule has 1 saturated carbocycles. The van der Waals surface area contributed by atoms with Gasteiger partial charge in [-0.05, 0) is 105 Å². The molecule has 2 bridgehead atoms. The average Bonchev–Trinajstić information content (AvgIpc) is 3.10. The fourth-order valence-corrected chi connectivity index (χ4v) is 8.48. The van der Waals surface area contributed by atoms with E-state index >= 15 is 0 Å². The highest BCUT2D eigenvalue weighted by Gasteiger charge is 2.44. The molecule has 2 aliphatic heterocycles. The number of hydrogen-bond donors (Lipinski definition) is 1. The molecule has 1 spiro atoms. The van der Waals surface area contributed by atoms with Crippen LogP contribution in [-0.4, -0.2) is 48.3 Å².